The van der Waals surface area contributed by atoms with Gasteiger partial charge >= 0.3 is 0 Å². The number of aromatic nitrogens is 1. The van der Waals surface area contributed by atoms with E-state index in [-0.39, 0.29) is 17.9 Å². The summed E-state index contributed by atoms with van der Waals surface area (Å²) in [5, 5.41) is 4.48. The summed E-state index contributed by atoms with van der Waals surface area (Å²) >= 11 is 0. The smallest absolute Gasteiger partial charge is 0.232 e. The third kappa shape index (κ3) is 4.24. The number of hydrogen-bond donors (Lipinski definition) is 0. The molecule has 0 N–H and O–H groups in total. The molecule has 3 fully saturated rings. The molecule has 1 atom stereocenters. The monoisotopic (exact) mass is 409 g/mol. The summed E-state index contributed by atoms with van der Waals surface area (Å²) in [5.41, 5.74) is 2.93. The van der Waals surface area contributed by atoms with Gasteiger partial charge in [0.1, 0.15) is 5.69 Å². The molecule has 1 aliphatic carbocycles. The number of ether oxygens (including phenoxy) is 1. The number of piperidine rings is 1. The van der Waals surface area contributed by atoms with Gasteiger partial charge in [0.05, 0.1) is 18.2 Å². The first-order chi connectivity index (χ1) is 14.8. The van der Waals surface area contributed by atoms with Gasteiger partial charge in [-0.1, -0.05) is 35.5 Å². The van der Waals surface area contributed by atoms with Gasteiger partial charge in [-0.15, -0.1) is 0 Å². The van der Waals surface area contributed by atoms with Gasteiger partial charge in [0.15, 0.2) is 0 Å². The van der Waals surface area contributed by atoms with Crippen molar-refractivity contribution >= 4 is 11.8 Å². The van der Waals surface area contributed by atoms with Crippen molar-refractivity contribution in [1.82, 2.24) is 10.1 Å². The summed E-state index contributed by atoms with van der Waals surface area (Å²) in [5.74, 6) is 1.29. The molecule has 0 unspecified atom stereocenters. The predicted molar refractivity (Wildman–Crippen MR) is 115 cm³/mol. The lowest BCUT2D eigenvalue weighted by Gasteiger charge is -2.29. The van der Waals surface area contributed by atoms with E-state index in [4.69, 9.17) is 9.26 Å². The molecule has 1 saturated carbocycles. The van der Waals surface area contributed by atoms with Gasteiger partial charge in [0, 0.05) is 37.7 Å². The van der Waals surface area contributed by atoms with Crippen LogP contribution in [0.15, 0.2) is 34.9 Å². The quantitative estimate of drug-likeness (QED) is 0.684. The van der Waals surface area contributed by atoms with Crippen LogP contribution in [0.2, 0.25) is 0 Å². The molecule has 6 nitrogen and oxygen atoms in total. The fraction of sp³-hybridized carbons (Fsp3) is 0.583. The summed E-state index contributed by atoms with van der Waals surface area (Å²) in [4.78, 5) is 17.5. The standard InChI is InChI=1S/C24H31N3O3/c28-23(19-11-12-19)27(16-20-10-7-15-29-20)17-21-22(18-8-3-1-4-9-18)25-30-24(21)26-13-5-2-6-14-26/h1,3-4,8-9,19-20H,2,5-7,10-17H2/t20-/m0/s1. The second-order valence-electron chi connectivity index (χ2n) is 8.86. The number of hydrogen-bond acceptors (Lipinski definition) is 5. The number of anilines is 1. The van der Waals surface area contributed by atoms with E-state index < -0.39 is 0 Å². The Bertz CT molecular complexity index is 850. The first kappa shape index (κ1) is 19.6. The van der Waals surface area contributed by atoms with Gasteiger partial charge in [-0.2, -0.15) is 0 Å². The number of carbonyl (C=O) groups excluding carboxylic acids is 1. The molecule has 5 rings (SSSR count). The van der Waals surface area contributed by atoms with Crippen molar-refractivity contribution in [3.05, 3.63) is 35.9 Å². The van der Waals surface area contributed by atoms with Crippen molar-refractivity contribution < 1.29 is 14.1 Å². The van der Waals surface area contributed by atoms with Gasteiger partial charge in [-0.25, -0.2) is 0 Å². The highest BCUT2D eigenvalue weighted by Gasteiger charge is 2.36. The topological polar surface area (TPSA) is 58.8 Å². The molecule has 1 amide bonds. The lowest BCUT2D eigenvalue weighted by Crippen LogP contribution is -2.38. The highest BCUT2D eigenvalue weighted by atomic mass is 16.5. The van der Waals surface area contributed by atoms with E-state index in [0.717, 1.165) is 68.1 Å². The number of carbonyl (C=O) groups is 1. The van der Waals surface area contributed by atoms with Crippen LogP contribution in [-0.4, -0.2) is 48.3 Å². The van der Waals surface area contributed by atoms with Gasteiger partial charge < -0.3 is 19.1 Å². The van der Waals surface area contributed by atoms with Crippen molar-refractivity contribution in [2.24, 2.45) is 5.92 Å². The van der Waals surface area contributed by atoms with E-state index in [2.05, 4.69) is 22.2 Å². The van der Waals surface area contributed by atoms with Crippen molar-refractivity contribution in [2.75, 3.05) is 31.1 Å². The number of nitrogens with zero attached hydrogens (tertiary/aromatic N) is 3. The molecule has 3 aliphatic rings. The first-order valence-corrected chi connectivity index (χ1v) is 11.5. The minimum atomic E-state index is 0.145. The van der Waals surface area contributed by atoms with Gasteiger partial charge in [-0.3, -0.25) is 4.79 Å². The van der Waals surface area contributed by atoms with E-state index in [1.54, 1.807) is 0 Å². The highest BCUT2D eigenvalue weighted by molar-refractivity contribution is 5.81. The molecule has 0 radical (unpaired) electrons. The predicted octanol–water partition coefficient (Wildman–Crippen LogP) is 4.25. The van der Waals surface area contributed by atoms with E-state index in [9.17, 15) is 4.79 Å². The molecule has 1 aromatic carbocycles. The van der Waals surface area contributed by atoms with Crippen LogP contribution in [0, 0.1) is 5.92 Å². The fourth-order valence-electron chi connectivity index (χ4n) is 4.66. The SMILES string of the molecule is O=C(C1CC1)N(Cc1c(-c2ccccc2)noc1N1CCCCC1)C[C@@H]1CCCO1. The average Bonchev–Trinajstić information content (AvgIpc) is 3.36. The Morgan fingerprint density at radius 2 is 1.87 bits per heavy atom. The van der Waals surface area contributed by atoms with Crippen molar-refractivity contribution in [2.45, 2.75) is 57.6 Å². The van der Waals surface area contributed by atoms with Crippen LogP contribution >= 0.6 is 0 Å². The molecule has 1 aromatic heterocycles. The zero-order chi connectivity index (χ0) is 20.3. The van der Waals surface area contributed by atoms with Gasteiger partial charge in [0.2, 0.25) is 11.8 Å². The molecule has 2 aromatic rings. The number of amides is 1. The Morgan fingerprint density at radius 1 is 1.07 bits per heavy atom. The Balaban J connectivity index is 1.47. The Kier molecular flexibility index (Phi) is 5.75. The zero-order valence-corrected chi connectivity index (χ0v) is 17.6. The third-order valence-electron chi connectivity index (χ3n) is 6.49. The molecule has 0 spiro atoms. The molecule has 0 bridgehead atoms. The Morgan fingerprint density at radius 3 is 2.57 bits per heavy atom. The van der Waals surface area contributed by atoms with Crippen LogP contribution in [-0.2, 0) is 16.1 Å². The summed E-state index contributed by atoms with van der Waals surface area (Å²) in [6.45, 7) is 3.97. The summed E-state index contributed by atoms with van der Waals surface area (Å²) < 4.78 is 11.8. The second-order valence-corrected chi connectivity index (χ2v) is 8.86. The first-order valence-electron chi connectivity index (χ1n) is 11.5. The number of rotatable bonds is 7. The lowest BCUT2D eigenvalue weighted by molar-refractivity contribution is -0.134. The molecular formula is C24H31N3O3. The van der Waals surface area contributed by atoms with Crippen LogP contribution in [0.3, 0.4) is 0 Å². The average molecular weight is 410 g/mol. The maximum atomic E-state index is 13.2. The maximum absolute atomic E-state index is 13.2. The fourth-order valence-corrected chi connectivity index (χ4v) is 4.66. The Hall–Kier alpha value is -2.34. The third-order valence-corrected chi connectivity index (χ3v) is 6.49. The summed E-state index contributed by atoms with van der Waals surface area (Å²) in [6, 6.07) is 10.2. The Labute approximate surface area is 178 Å². The van der Waals surface area contributed by atoms with Crippen molar-refractivity contribution in [3.8, 4) is 11.3 Å². The van der Waals surface area contributed by atoms with Crippen LogP contribution < -0.4 is 4.90 Å². The molecule has 2 aliphatic heterocycles. The van der Waals surface area contributed by atoms with E-state index in [0.29, 0.717) is 13.1 Å². The zero-order valence-electron chi connectivity index (χ0n) is 17.6. The van der Waals surface area contributed by atoms with Gasteiger partial charge in [-0.05, 0) is 44.9 Å². The van der Waals surface area contributed by atoms with Crippen LogP contribution in [0.25, 0.3) is 11.3 Å². The van der Waals surface area contributed by atoms with E-state index >= 15 is 0 Å². The van der Waals surface area contributed by atoms with Crippen LogP contribution in [0.5, 0.6) is 0 Å². The number of benzene rings is 1. The summed E-state index contributed by atoms with van der Waals surface area (Å²) in [7, 11) is 0. The molecule has 6 heteroatoms. The van der Waals surface area contributed by atoms with Crippen LogP contribution in [0.1, 0.15) is 50.5 Å². The minimum Gasteiger partial charge on any atom is -0.376 e. The maximum Gasteiger partial charge on any atom is 0.232 e. The molecule has 30 heavy (non-hydrogen) atoms. The van der Waals surface area contributed by atoms with E-state index in [1.165, 1.54) is 19.3 Å². The normalized spacial score (nSPS) is 21.7. The van der Waals surface area contributed by atoms with E-state index in [1.807, 2.05) is 23.1 Å². The van der Waals surface area contributed by atoms with Gasteiger partial charge in [0.25, 0.3) is 0 Å². The molecule has 160 valence electrons. The molecule has 3 heterocycles. The second kappa shape index (κ2) is 8.80. The lowest BCUT2D eigenvalue weighted by atomic mass is 10.0. The largest absolute Gasteiger partial charge is 0.376 e. The summed E-state index contributed by atoms with van der Waals surface area (Å²) in [6.07, 6.45) is 7.87. The van der Waals surface area contributed by atoms with Crippen LogP contribution in [0.4, 0.5) is 5.88 Å². The molecule has 2 saturated heterocycles. The van der Waals surface area contributed by atoms with Crippen molar-refractivity contribution in [3.63, 3.8) is 0 Å². The van der Waals surface area contributed by atoms with Crippen molar-refractivity contribution in [1.29, 1.82) is 0 Å². The highest BCUT2D eigenvalue weighted by Crippen LogP contribution is 2.36. The minimum absolute atomic E-state index is 0.145. The molecular weight excluding hydrogens is 378 g/mol.